The van der Waals surface area contributed by atoms with Crippen molar-refractivity contribution in [2.24, 2.45) is 75.8 Å². The van der Waals surface area contributed by atoms with Crippen molar-refractivity contribution in [2.45, 2.75) is 285 Å². The number of carbonyl (C=O) groups is 11. The first-order chi connectivity index (χ1) is 43.6. The Kier molecular flexibility index (Phi) is 44.7. The third-order valence-corrected chi connectivity index (χ3v) is 15.5. The van der Waals surface area contributed by atoms with Crippen molar-refractivity contribution in [1.29, 1.82) is 0 Å². The Labute approximate surface area is 556 Å². The van der Waals surface area contributed by atoms with Gasteiger partial charge in [0.15, 0.2) is 0 Å². The first-order valence-corrected chi connectivity index (χ1v) is 34.5. The molecule has 0 aromatic heterocycles. The zero-order valence-corrected chi connectivity index (χ0v) is 59.1. The fourth-order valence-corrected chi connectivity index (χ4v) is 10.6. The maximum Gasteiger partial charge on any atom is 0.243 e. The molecule has 27 heteroatoms. The Morgan fingerprint density at radius 3 is 0.591 bits per heavy atom. The first kappa shape index (κ1) is 87.0. The average molecular weight is 1320 g/mol. The lowest BCUT2D eigenvalue weighted by molar-refractivity contribution is -0.136. The number of hydrogen-bond acceptors (Lipinski definition) is 16. The van der Waals surface area contributed by atoms with E-state index in [-0.39, 0.29) is 112 Å². The molecule has 11 amide bonds. The predicted molar refractivity (Wildman–Crippen MR) is 364 cm³/mol. The molecule has 0 unspecified atom stereocenters. The van der Waals surface area contributed by atoms with Gasteiger partial charge in [0.2, 0.25) is 65.0 Å². The highest BCUT2D eigenvalue weighted by atomic mass is 16.2. The number of nitrogens with one attached hydrogen (secondary N) is 10. The normalized spacial score (nSPS) is 15.2. The Morgan fingerprint density at radius 1 is 0.237 bits per heavy atom. The van der Waals surface area contributed by atoms with Crippen LogP contribution in [0.4, 0.5) is 0 Å². The van der Waals surface area contributed by atoms with Gasteiger partial charge in [-0.3, -0.25) is 52.7 Å². The minimum atomic E-state index is -1.23. The Balaban J connectivity index is 7.03. The summed E-state index contributed by atoms with van der Waals surface area (Å²) in [5.74, 6) is -7.99. The van der Waals surface area contributed by atoms with Gasteiger partial charge in [0.25, 0.3) is 0 Å². The zero-order chi connectivity index (χ0) is 71.1. The van der Waals surface area contributed by atoms with Gasteiger partial charge < -0.3 is 87.6 Å². The van der Waals surface area contributed by atoms with Crippen molar-refractivity contribution in [1.82, 2.24) is 53.2 Å². The maximum absolute atomic E-state index is 14.6. The van der Waals surface area contributed by atoms with Gasteiger partial charge in [-0.15, -0.1) is 0 Å². The molecule has 538 valence electrons. The molecule has 0 saturated heterocycles. The van der Waals surface area contributed by atoms with Crippen LogP contribution in [0, 0.1) is 41.4 Å². The van der Waals surface area contributed by atoms with E-state index in [2.05, 4.69) is 53.2 Å². The second-order valence-corrected chi connectivity index (χ2v) is 28.2. The molecule has 0 radical (unpaired) electrons. The van der Waals surface area contributed by atoms with Crippen LogP contribution in [0.2, 0.25) is 0 Å². The van der Waals surface area contributed by atoms with E-state index in [1.54, 1.807) is 0 Å². The summed E-state index contributed by atoms with van der Waals surface area (Å²) < 4.78 is 0. The van der Waals surface area contributed by atoms with Crippen LogP contribution < -0.4 is 87.6 Å². The number of hydrogen-bond donors (Lipinski definition) is 16. The molecule has 22 N–H and O–H groups in total. The number of primary amides is 1. The molecule has 11 atom stereocenters. The molecule has 0 aromatic carbocycles. The number of amides is 11. The van der Waals surface area contributed by atoms with Gasteiger partial charge in [0.1, 0.15) is 60.4 Å². The van der Waals surface area contributed by atoms with Gasteiger partial charge in [0.05, 0.1) is 6.04 Å². The molecule has 0 bridgehead atoms. The highest BCUT2D eigenvalue weighted by molar-refractivity contribution is 5.99. The lowest BCUT2D eigenvalue weighted by atomic mass is 9.98. The van der Waals surface area contributed by atoms with Crippen LogP contribution in [-0.4, -0.2) is 158 Å². The third kappa shape index (κ3) is 38.2. The van der Waals surface area contributed by atoms with E-state index in [0.717, 1.165) is 0 Å². The largest absolute Gasteiger partial charge is 0.368 e. The number of nitrogens with two attached hydrogens (primary N) is 6. The Hall–Kier alpha value is -6.03. The molecule has 0 aliphatic rings. The number of carbonyl (C=O) groups excluding carboxylic acids is 11. The van der Waals surface area contributed by atoms with E-state index in [4.69, 9.17) is 34.4 Å². The van der Waals surface area contributed by atoms with Gasteiger partial charge >= 0.3 is 0 Å². The maximum atomic E-state index is 14.6. The highest BCUT2D eigenvalue weighted by Gasteiger charge is 2.37. The predicted octanol–water partition coefficient (Wildman–Crippen LogP) is 1.49. The third-order valence-electron chi connectivity index (χ3n) is 15.5. The average Bonchev–Trinajstić information content (AvgIpc) is 1.72. The summed E-state index contributed by atoms with van der Waals surface area (Å²) in [7, 11) is 0. The molecule has 0 aliphatic heterocycles. The number of unbranched alkanes of at least 4 members (excludes halogenated alkanes) is 4. The summed E-state index contributed by atoms with van der Waals surface area (Å²) in [4.78, 5) is 154. The SMILES string of the molecule is CC(C)C[C@H](NC(=O)[C@H](CC(C)C)NC(=O)[C@H](CC(C)C)NC(=O)[C@H](CCCCN)NC(=O)[C@@H](CC(C)C)NC(=O)[C@H](CC(C)C)NC(=O)[C@H](CCCCN)NC(=O)[C@@H](CC(C)C)NC(=O)[C@@H](CC(C)C)NC(=O)[C@@H](CCCCN)NC(=O)[C@@H](N)CCCCN)C(N)=O. The standard InChI is InChI=1S/C66H128N16O11/c1-38(2)31-49(56(72)83)76-63(90)52(34-41(7)8)82-66(93)55(37-44(13)14)79-60(87)48(26-18-22-30-70)75-62(89)51(33-40(5)6)81-65(92)54(36-43(11)12)78-59(86)47(25-17-21-29-69)74-61(88)50(32-39(3)4)80-64(91)53(35-42(9)10)77-58(85)46(24-16-20-28-68)73-57(84)45(71)23-15-19-27-67/h38-55H,15-37,67-71H2,1-14H3,(H2,72,83)(H,73,84)(H,74,88)(H,75,89)(H,76,90)(H,77,85)(H,78,86)(H,79,87)(H,80,91)(H,81,92)(H,82,93)/t45-,46+,47-,48-,49-,50+,51+,52-,53+,54-,55-/m0/s1. The van der Waals surface area contributed by atoms with Crippen molar-refractivity contribution in [3.63, 3.8) is 0 Å². The lowest BCUT2D eigenvalue weighted by Gasteiger charge is -2.30. The molecular formula is C66H128N16O11. The van der Waals surface area contributed by atoms with Crippen molar-refractivity contribution in [3.8, 4) is 0 Å². The minimum absolute atomic E-state index is 0.0280. The van der Waals surface area contributed by atoms with E-state index < -0.39 is 131 Å². The van der Waals surface area contributed by atoms with Crippen LogP contribution in [0.5, 0.6) is 0 Å². The molecule has 93 heavy (non-hydrogen) atoms. The Bertz CT molecular complexity index is 2270. The molecule has 27 nitrogen and oxygen atoms in total. The quantitative estimate of drug-likeness (QED) is 0.0384. The molecule has 0 spiro atoms. The number of rotatable bonds is 51. The highest BCUT2D eigenvalue weighted by Crippen LogP contribution is 2.17. The minimum Gasteiger partial charge on any atom is -0.368 e. The van der Waals surface area contributed by atoms with Gasteiger partial charge in [-0.1, -0.05) is 103 Å². The van der Waals surface area contributed by atoms with Crippen LogP contribution in [0.3, 0.4) is 0 Å². The van der Waals surface area contributed by atoms with Crippen molar-refractivity contribution in [3.05, 3.63) is 0 Å². The van der Waals surface area contributed by atoms with Crippen molar-refractivity contribution >= 4 is 65.0 Å². The van der Waals surface area contributed by atoms with Crippen LogP contribution >= 0.6 is 0 Å². The second kappa shape index (κ2) is 47.8. The van der Waals surface area contributed by atoms with Gasteiger partial charge in [-0.25, -0.2) is 0 Å². The fourth-order valence-electron chi connectivity index (χ4n) is 10.6. The van der Waals surface area contributed by atoms with Crippen LogP contribution in [-0.2, 0) is 52.7 Å². The zero-order valence-electron chi connectivity index (χ0n) is 59.1. The summed E-state index contributed by atoms with van der Waals surface area (Å²) in [6, 6.07) is -12.3. The summed E-state index contributed by atoms with van der Waals surface area (Å²) in [6.07, 6.45) is 6.18. The summed E-state index contributed by atoms with van der Waals surface area (Å²) >= 11 is 0. The molecule has 0 heterocycles. The summed E-state index contributed by atoms with van der Waals surface area (Å²) in [6.45, 7) is 27.5. The first-order valence-electron chi connectivity index (χ1n) is 34.5. The smallest absolute Gasteiger partial charge is 0.243 e. The van der Waals surface area contributed by atoms with Crippen LogP contribution in [0.15, 0.2) is 0 Å². The van der Waals surface area contributed by atoms with Crippen LogP contribution in [0.1, 0.15) is 219 Å². The van der Waals surface area contributed by atoms with Crippen LogP contribution in [0.25, 0.3) is 0 Å². The summed E-state index contributed by atoms with van der Waals surface area (Å²) in [5, 5.41) is 28.1. The molecule has 0 aliphatic carbocycles. The topological polar surface area (TPSA) is 464 Å². The van der Waals surface area contributed by atoms with E-state index in [1.807, 2.05) is 96.9 Å². The molecule has 0 saturated carbocycles. The molecule has 0 rings (SSSR count). The fraction of sp³-hybridized carbons (Fsp3) is 0.833. The van der Waals surface area contributed by atoms with Crippen molar-refractivity contribution < 1.29 is 52.7 Å². The monoisotopic (exact) mass is 1320 g/mol. The molecular weight excluding hydrogens is 1190 g/mol. The van der Waals surface area contributed by atoms with Gasteiger partial charge in [0, 0.05) is 0 Å². The van der Waals surface area contributed by atoms with E-state index in [9.17, 15) is 52.7 Å². The van der Waals surface area contributed by atoms with Gasteiger partial charge in [-0.05, 0) is 183 Å². The summed E-state index contributed by atoms with van der Waals surface area (Å²) in [5.41, 5.74) is 34.9. The van der Waals surface area contributed by atoms with E-state index >= 15 is 0 Å². The van der Waals surface area contributed by atoms with Crippen molar-refractivity contribution in [2.75, 3.05) is 26.2 Å². The van der Waals surface area contributed by atoms with E-state index in [1.165, 1.54) is 0 Å². The Morgan fingerprint density at radius 2 is 0.398 bits per heavy atom. The molecule has 0 fully saturated rings. The van der Waals surface area contributed by atoms with E-state index in [0.29, 0.717) is 77.4 Å². The molecule has 0 aromatic rings. The lowest BCUT2D eigenvalue weighted by Crippen LogP contribution is -2.61. The second-order valence-electron chi connectivity index (χ2n) is 28.2. The van der Waals surface area contributed by atoms with Gasteiger partial charge in [-0.2, -0.15) is 0 Å².